The fourth-order valence-electron chi connectivity index (χ4n) is 5.22. The molecule has 4 saturated heterocycles. The van der Waals surface area contributed by atoms with Crippen molar-refractivity contribution >= 4 is 0 Å². The molecule has 4 aliphatic heterocycles. The molecule has 5 atom stereocenters. The Labute approximate surface area is 110 Å². The van der Waals surface area contributed by atoms with Gasteiger partial charge in [0.25, 0.3) is 0 Å². The van der Waals surface area contributed by atoms with E-state index in [4.69, 9.17) is 0 Å². The van der Waals surface area contributed by atoms with E-state index >= 15 is 0 Å². The van der Waals surface area contributed by atoms with Crippen molar-refractivity contribution in [1.82, 2.24) is 9.80 Å². The molecule has 18 heavy (non-hydrogen) atoms. The zero-order valence-corrected chi connectivity index (χ0v) is 11.3. The average Bonchev–Trinajstić information content (AvgIpc) is 2.40. The van der Waals surface area contributed by atoms with E-state index in [1.807, 2.05) is 0 Å². The summed E-state index contributed by atoms with van der Waals surface area (Å²) in [7, 11) is 0. The van der Waals surface area contributed by atoms with E-state index in [0.29, 0.717) is 6.04 Å². The monoisotopic (exact) mass is 250 g/mol. The molecule has 4 fully saturated rings. The molecule has 1 unspecified atom stereocenters. The van der Waals surface area contributed by atoms with Gasteiger partial charge >= 0.3 is 0 Å². The molecule has 1 N–H and O–H groups in total. The Balaban J connectivity index is 1.55. The summed E-state index contributed by atoms with van der Waals surface area (Å²) in [6, 6.07) is 1.58. The van der Waals surface area contributed by atoms with E-state index in [1.54, 1.807) is 0 Å². The van der Waals surface area contributed by atoms with Crippen LogP contribution >= 0.6 is 0 Å². The van der Waals surface area contributed by atoms with Crippen LogP contribution in [-0.4, -0.2) is 59.3 Å². The second-order valence-electron chi connectivity index (χ2n) is 7.05. The number of nitrogens with zero attached hydrogens (tertiary/aromatic N) is 2. The molecule has 4 heterocycles. The van der Waals surface area contributed by atoms with Crippen molar-refractivity contribution in [3.8, 4) is 0 Å². The first-order chi connectivity index (χ1) is 8.81. The predicted octanol–water partition coefficient (Wildman–Crippen LogP) is 1.32. The maximum atomic E-state index is 9.94. The van der Waals surface area contributed by atoms with E-state index in [9.17, 15) is 5.11 Å². The third-order valence-corrected chi connectivity index (χ3v) is 6.03. The van der Waals surface area contributed by atoms with Crippen LogP contribution in [0.5, 0.6) is 0 Å². The lowest BCUT2D eigenvalue weighted by Crippen LogP contribution is -2.64. The second-order valence-corrected chi connectivity index (χ2v) is 7.05. The number of hydrogen-bond acceptors (Lipinski definition) is 3. The molecule has 102 valence electrons. The minimum atomic E-state index is -0.0260. The van der Waals surface area contributed by atoms with E-state index in [1.165, 1.54) is 45.3 Å². The summed E-state index contributed by atoms with van der Waals surface area (Å²) in [5, 5.41) is 9.94. The lowest BCUT2D eigenvalue weighted by Gasteiger charge is -2.57. The summed E-state index contributed by atoms with van der Waals surface area (Å²) in [5.41, 5.74) is 0. The molecular formula is C15H26N2O. The van der Waals surface area contributed by atoms with Crippen LogP contribution in [0.25, 0.3) is 0 Å². The van der Waals surface area contributed by atoms with Gasteiger partial charge in [0.15, 0.2) is 0 Å². The number of aliphatic hydroxyl groups is 1. The van der Waals surface area contributed by atoms with E-state index in [-0.39, 0.29) is 6.10 Å². The maximum absolute atomic E-state index is 9.94. The van der Waals surface area contributed by atoms with Gasteiger partial charge in [-0.15, -0.1) is 0 Å². The Morgan fingerprint density at radius 1 is 0.778 bits per heavy atom. The Morgan fingerprint density at radius 2 is 1.56 bits per heavy atom. The number of fused-ring (bicyclic) bond motifs is 6. The molecule has 2 bridgehead atoms. The van der Waals surface area contributed by atoms with Crippen LogP contribution in [0.15, 0.2) is 0 Å². The highest BCUT2D eigenvalue weighted by Crippen LogP contribution is 2.42. The molecule has 3 heteroatoms. The fraction of sp³-hybridized carbons (Fsp3) is 1.00. The standard InChI is InChI=1S/C15H26N2O/c18-13-4-6-17-9-11-7-12(15(17)8-13)10-16-5-2-1-3-14(11)16/h11-15,18H,1-10H2/t11-,12+,13?,14+,15-/m1/s1. The van der Waals surface area contributed by atoms with Gasteiger partial charge in [-0.2, -0.15) is 0 Å². The Kier molecular flexibility index (Phi) is 2.90. The largest absolute Gasteiger partial charge is 0.393 e. The van der Waals surface area contributed by atoms with Crippen molar-refractivity contribution in [2.24, 2.45) is 11.8 Å². The first-order valence-corrected chi connectivity index (χ1v) is 7.97. The Bertz CT molecular complexity index is 322. The molecule has 0 amide bonds. The fourth-order valence-corrected chi connectivity index (χ4v) is 5.22. The van der Waals surface area contributed by atoms with E-state index < -0.39 is 0 Å². The molecule has 4 rings (SSSR count). The summed E-state index contributed by atoms with van der Waals surface area (Å²) in [6.07, 6.45) is 7.76. The summed E-state index contributed by atoms with van der Waals surface area (Å²) < 4.78 is 0. The number of rotatable bonds is 0. The van der Waals surface area contributed by atoms with Crippen molar-refractivity contribution in [1.29, 1.82) is 0 Å². The molecule has 0 saturated carbocycles. The average molecular weight is 250 g/mol. The minimum absolute atomic E-state index is 0.0260. The lowest BCUT2D eigenvalue weighted by atomic mass is 9.70. The molecule has 0 aliphatic carbocycles. The smallest absolute Gasteiger partial charge is 0.0567 e. The Morgan fingerprint density at radius 3 is 2.44 bits per heavy atom. The van der Waals surface area contributed by atoms with Gasteiger partial charge in [0, 0.05) is 31.7 Å². The Hall–Kier alpha value is -0.120. The third kappa shape index (κ3) is 1.83. The van der Waals surface area contributed by atoms with Crippen molar-refractivity contribution < 1.29 is 5.11 Å². The van der Waals surface area contributed by atoms with Gasteiger partial charge in [-0.1, -0.05) is 6.42 Å². The molecule has 3 nitrogen and oxygen atoms in total. The molecular weight excluding hydrogens is 224 g/mol. The molecule has 0 radical (unpaired) electrons. The van der Waals surface area contributed by atoms with Crippen LogP contribution in [0, 0.1) is 11.8 Å². The van der Waals surface area contributed by atoms with Gasteiger partial charge in [0.05, 0.1) is 6.10 Å². The first-order valence-electron chi connectivity index (χ1n) is 7.97. The zero-order chi connectivity index (χ0) is 12.1. The van der Waals surface area contributed by atoms with Crippen LogP contribution in [0.2, 0.25) is 0 Å². The van der Waals surface area contributed by atoms with Crippen molar-refractivity contribution in [3.05, 3.63) is 0 Å². The highest BCUT2D eigenvalue weighted by atomic mass is 16.3. The highest BCUT2D eigenvalue weighted by Gasteiger charge is 2.47. The van der Waals surface area contributed by atoms with Gasteiger partial charge in [-0.05, 0) is 50.5 Å². The molecule has 0 aromatic carbocycles. The predicted molar refractivity (Wildman–Crippen MR) is 71.4 cm³/mol. The van der Waals surface area contributed by atoms with Crippen molar-refractivity contribution in [2.75, 3.05) is 26.2 Å². The normalized spacial score (nSPS) is 49.5. The van der Waals surface area contributed by atoms with Crippen LogP contribution in [0.4, 0.5) is 0 Å². The van der Waals surface area contributed by atoms with Gasteiger partial charge in [-0.3, -0.25) is 9.80 Å². The quantitative estimate of drug-likeness (QED) is 0.702. The van der Waals surface area contributed by atoms with Gasteiger partial charge in [0.1, 0.15) is 0 Å². The second kappa shape index (κ2) is 4.46. The van der Waals surface area contributed by atoms with Crippen molar-refractivity contribution in [3.63, 3.8) is 0 Å². The number of piperidine rings is 4. The lowest BCUT2D eigenvalue weighted by molar-refractivity contribution is -0.0900. The summed E-state index contributed by atoms with van der Waals surface area (Å²) in [4.78, 5) is 5.51. The maximum Gasteiger partial charge on any atom is 0.0567 e. The molecule has 4 aliphatic rings. The van der Waals surface area contributed by atoms with Gasteiger partial charge < -0.3 is 5.11 Å². The minimum Gasteiger partial charge on any atom is -0.393 e. The van der Waals surface area contributed by atoms with Crippen LogP contribution < -0.4 is 0 Å². The van der Waals surface area contributed by atoms with Gasteiger partial charge in [-0.25, -0.2) is 0 Å². The molecule has 0 aromatic rings. The highest BCUT2D eigenvalue weighted by molar-refractivity contribution is 5.01. The first kappa shape index (κ1) is 11.7. The van der Waals surface area contributed by atoms with Crippen LogP contribution in [0.1, 0.15) is 38.5 Å². The topological polar surface area (TPSA) is 26.7 Å². The van der Waals surface area contributed by atoms with Crippen LogP contribution in [0.3, 0.4) is 0 Å². The zero-order valence-electron chi connectivity index (χ0n) is 11.3. The number of aliphatic hydroxyl groups excluding tert-OH is 1. The van der Waals surface area contributed by atoms with Crippen LogP contribution in [-0.2, 0) is 0 Å². The summed E-state index contributed by atoms with van der Waals surface area (Å²) in [5.74, 6) is 1.77. The van der Waals surface area contributed by atoms with E-state index in [0.717, 1.165) is 37.3 Å². The summed E-state index contributed by atoms with van der Waals surface area (Å²) >= 11 is 0. The van der Waals surface area contributed by atoms with Crippen molar-refractivity contribution in [2.45, 2.75) is 56.7 Å². The number of hydrogen-bond donors (Lipinski definition) is 1. The molecule has 0 spiro atoms. The third-order valence-electron chi connectivity index (χ3n) is 6.03. The van der Waals surface area contributed by atoms with Gasteiger partial charge in [0.2, 0.25) is 0 Å². The molecule has 0 aromatic heterocycles. The summed E-state index contributed by atoms with van der Waals surface area (Å²) in [6.45, 7) is 5.11. The van der Waals surface area contributed by atoms with E-state index in [2.05, 4.69) is 9.80 Å². The SMILES string of the molecule is OC1CCN2C[C@H]3C[C@@H](CN4CCCC[C@@H]34)[C@H]2C1.